The van der Waals surface area contributed by atoms with Gasteiger partial charge >= 0.3 is 0 Å². The third kappa shape index (κ3) is 3.22. The van der Waals surface area contributed by atoms with Crippen LogP contribution in [0.25, 0.3) is 0 Å². The number of hydrogen-bond donors (Lipinski definition) is 1. The number of hydrogen-bond acceptors (Lipinski definition) is 3. The minimum atomic E-state index is -0.00996. The summed E-state index contributed by atoms with van der Waals surface area (Å²) in [4.78, 5) is 0. The molecule has 2 rings (SSSR count). The SMILES string of the molecule is CC(C)n1cc(NC2CCOC(C)(C)C2)cn1. The summed E-state index contributed by atoms with van der Waals surface area (Å²) in [5.74, 6) is 0. The summed E-state index contributed by atoms with van der Waals surface area (Å²) in [6, 6.07) is 0.903. The first-order valence-corrected chi connectivity index (χ1v) is 6.41. The molecule has 17 heavy (non-hydrogen) atoms. The monoisotopic (exact) mass is 237 g/mol. The molecule has 1 aromatic rings. The molecular formula is C13H23N3O. The summed E-state index contributed by atoms with van der Waals surface area (Å²) in [5.41, 5.74) is 1.10. The number of nitrogens with zero attached hydrogens (tertiary/aromatic N) is 2. The van der Waals surface area contributed by atoms with Crippen molar-refractivity contribution in [1.82, 2.24) is 9.78 Å². The van der Waals surface area contributed by atoms with E-state index in [0.717, 1.165) is 25.1 Å². The van der Waals surface area contributed by atoms with E-state index in [2.05, 4.69) is 44.3 Å². The molecule has 1 atom stereocenters. The fraction of sp³-hybridized carbons (Fsp3) is 0.769. The lowest BCUT2D eigenvalue weighted by molar-refractivity contribution is -0.0553. The van der Waals surface area contributed by atoms with Crippen LogP contribution in [0.15, 0.2) is 12.4 Å². The molecular weight excluding hydrogens is 214 g/mol. The van der Waals surface area contributed by atoms with Crippen molar-refractivity contribution >= 4 is 5.69 Å². The van der Waals surface area contributed by atoms with Gasteiger partial charge in [0, 0.05) is 24.9 Å². The zero-order chi connectivity index (χ0) is 12.5. The van der Waals surface area contributed by atoms with Crippen molar-refractivity contribution in [3.8, 4) is 0 Å². The van der Waals surface area contributed by atoms with Gasteiger partial charge in [-0.3, -0.25) is 4.68 Å². The fourth-order valence-electron chi connectivity index (χ4n) is 2.29. The molecule has 96 valence electrons. The summed E-state index contributed by atoms with van der Waals surface area (Å²) in [6.07, 6.45) is 6.09. The van der Waals surface area contributed by atoms with Gasteiger partial charge < -0.3 is 10.1 Å². The molecule has 2 heterocycles. The molecule has 1 aliphatic rings. The van der Waals surface area contributed by atoms with Crippen LogP contribution in [0.1, 0.15) is 46.6 Å². The van der Waals surface area contributed by atoms with Crippen LogP contribution in [-0.4, -0.2) is 28.0 Å². The molecule has 1 fully saturated rings. The van der Waals surface area contributed by atoms with Crippen molar-refractivity contribution in [2.75, 3.05) is 11.9 Å². The van der Waals surface area contributed by atoms with E-state index >= 15 is 0 Å². The van der Waals surface area contributed by atoms with Gasteiger partial charge in [0.15, 0.2) is 0 Å². The highest BCUT2D eigenvalue weighted by Crippen LogP contribution is 2.26. The number of aromatic nitrogens is 2. The van der Waals surface area contributed by atoms with Crippen molar-refractivity contribution < 1.29 is 4.74 Å². The van der Waals surface area contributed by atoms with Crippen LogP contribution in [-0.2, 0) is 4.74 Å². The maximum absolute atomic E-state index is 5.72. The van der Waals surface area contributed by atoms with Crippen molar-refractivity contribution in [3.63, 3.8) is 0 Å². The second kappa shape index (κ2) is 4.69. The van der Waals surface area contributed by atoms with Crippen LogP contribution in [0.5, 0.6) is 0 Å². The Morgan fingerprint density at radius 2 is 2.29 bits per heavy atom. The van der Waals surface area contributed by atoms with Gasteiger partial charge in [-0.2, -0.15) is 5.10 Å². The maximum atomic E-state index is 5.72. The van der Waals surface area contributed by atoms with Crippen LogP contribution in [0.3, 0.4) is 0 Å². The fourth-order valence-corrected chi connectivity index (χ4v) is 2.29. The molecule has 0 bridgehead atoms. The largest absolute Gasteiger partial charge is 0.380 e. The molecule has 4 heteroatoms. The number of rotatable bonds is 3. The molecule has 1 unspecified atom stereocenters. The van der Waals surface area contributed by atoms with Crippen LogP contribution in [0, 0.1) is 0 Å². The highest BCUT2D eigenvalue weighted by molar-refractivity contribution is 5.39. The predicted molar refractivity (Wildman–Crippen MR) is 69.3 cm³/mol. The Balaban J connectivity index is 1.95. The van der Waals surface area contributed by atoms with E-state index in [1.807, 2.05) is 10.9 Å². The smallest absolute Gasteiger partial charge is 0.0728 e. The van der Waals surface area contributed by atoms with Gasteiger partial charge in [-0.05, 0) is 40.5 Å². The summed E-state index contributed by atoms with van der Waals surface area (Å²) < 4.78 is 7.69. The third-order valence-corrected chi connectivity index (χ3v) is 3.20. The zero-order valence-electron chi connectivity index (χ0n) is 11.2. The Morgan fingerprint density at radius 3 is 2.88 bits per heavy atom. The standard InChI is InChI=1S/C13H23N3O/c1-10(2)16-9-12(8-14-16)15-11-5-6-17-13(3,4)7-11/h8-11,15H,5-7H2,1-4H3. The lowest BCUT2D eigenvalue weighted by atomic mass is 9.94. The van der Waals surface area contributed by atoms with Crippen LogP contribution in [0.2, 0.25) is 0 Å². The lowest BCUT2D eigenvalue weighted by Gasteiger charge is -2.36. The first-order valence-electron chi connectivity index (χ1n) is 6.41. The first-order chi connectivity index (χ1) is 7.96. The number of nitrogens with one attached hydrogen (secondary N) is 1. The summed E-state index contributed by atoms with van der Waals surface area (Å²) in [7, 11) is 0. The van der Waals surface area contributed by atoms with Gasteiger partial charge in [-0.15, -0.1) is 0 Å². The Morgan fingerprint density at radius 1 is 1.53 bits per heavy atom. The van der Waals surface area contributed by atoms with Crippen molar-refractivity contribution in [2.45, 2.75) is 58.2 Å². The van der Waals surface area contributed by atoms with Gasteiger partial charge in [0.2, 0.25) is 0 Å². The molecule has 1 N–H and O–H groups in total. The van der Waals surface area contributed by atoms with E-state index in [1.165, 1.54) is 0 Å². The molecule has 1 aromatic heterocycles. The van der Waals surface area contributed by atoms with Crippen molar-refractivity contribution in [1.29, 1.82) is 0 Å². The van der Waals surface area contributed by atoms with Crippen molar-refractivity contribution in [2.24, 2.45) is 0 Å². The van der Waals surface area contributed by atoms with E-state index < -0.39 is 0 Å². The summed E-state index contributed by atoms with van der Waals surface area (Å²) >= 11 is 0. The topological polar surface area (TPSA) is 39.1 Å². The quantitative estimate of drug-likeness (QED) is 0.878. The number of ether oxygens (including phenoxy) is 1. The van der Waals surface area contributed by atoms with Crippen LogP contribution in [0.4, 0.5) is 5.69 Å². The molecule has 0 spiro atoms. The second-order valence-corrected chi connectivity index (χ2v) is 5.74. The summed E-state index contributed by atoms with van der Waals surface area (Å²) in [5, 5.41) is 7.89. The van der Waals surface area contributed by atoms with Crippen molar-refractivity contribution in [3.05, 3.63) is 12.4 Å². The Labute approximate surface area is 103 Å². The number of anilines is 1. The van der Waals surface area contributed by atoms with Gasteiger partial charge in [0.1, 0.15) is 0 Å². The second-order valence-electron chi connectivity index (χ2n) is 5.74. The minimum absolute atomic E-state index is 0.00996. The molecule has 0 amide bonds. The molecule has 4 nitrogen and oxygen atoms in total. The van der Waals surface area contributed by atoms with E-state index in [0.29, 0.717) is 12.1 Å². The van der Waals surface area contributed by atoms with Crippen LogP contribution >= 0.6 is 0 Å². The highest BCUT2D eigenvalue weighted by Gasteiger charge is 2.28. The minimum Gasteiger partial charge on any atom is -0.380 e. The molecule has 0 radical (unpaired) electrons. The van der Waals surface area contributed by atoms with E-state index in [-0.39, 0.29) is 5.60 Å². The lowest BCUT2D eigenvalue weighted by Crippen LogP contribution is -2.40. The Kier molecular flexibility index (Phi) is 3.43. The van der Waals surface area contributed by atoms with Crippen LogP contribution < -0.4 is 5.32 Å². The Hall–Kier alpha value is -1.03. The van der Waals surface area contributed by atoms with Gasteiger partial charge in [0.05, 0.1) is 17.5 Å². The van der Waals surface area contributed by atoms with Gasteiger partial charge in [0.25, 0.3) is 0 Å². The third-order valence-electron chi connectivity index (χ3n) is 3.20. The maximum Gasteiger partial charge on any atom is 0.0728 e. The first kappa shape index (κ1) is 12.4. The highest BCUT2D eigenvalue weighted by atomic mass is 16.5. The Bertz CT molecular complexity index is 370. The average molecular weight is 237 g/mol. The molecule has 1 saturated heterocycles. The van der Waals surface area contributed by atoms with E-state index in [9.17, 15) is 0 Å². The van der Waals surface area contributed by atoms with Gasteiger partial charge in [-0.25, -0.2) is 0 Å². The summed E-state index contributed by atoms with van der Waals surface area (Å²) in [6.45, 7) is 9.41. The predicted octanol–water partition coefficient (Wildman–Crippen LogP) is 2.83. The molecule has 0 aliphatic carbocycles. The van der Waals surface area contributed by atoms with Gasteiger partial charge in [-0.1, -0.05) is 0 Å². The molecule has 0 saturated carbocycles. The average Bonchev–Trinajstić information content (AvgIpc) is 2.64. The molecule has 0 aromatic carbocycles. The normalized spacial score (nSPS) is 23.9. The van der Waals surface area contributed by atoms with E-state index in [4.69, 9.17) is 4.74 Å². The zero-order valence-corrected chi connectivity index (χ0v) is 11.2. The molecule has 1 aliphatic heterocycles. The van der Waals surface area contributed by atoms with E-state index in [1.54, 1.807) is 0 Å².